The topological polar surface area (TPSA) is 47.3 Å². The molecule has 0 saturated carbocycles. The summed E-state index contributed by atoms with van der Waals surface area (Å²) in [4.78, 5) is 4.36. The third-order valence-electron chi connectivity index (χ3n) is 2.91. The van der Waals surface area contributed by atoms with Crippen molar-refractivity contribution in [3.05, 3.63) is 42.2 Å². The van der Waals surface area contributed by atoms with Gasteiger partial charge in [0, 0.05) is 23.8 Å². The first-order valence-corrected chi connectivity index (χ1v) is 8.07. The van der Waals surface area contributed by atoms with Crippen molar-refractivity contribution >= 4 is 11.8 Å². The van der Waals surface area contributed by atoms with Crippen LogP contribution in [0.15, 0.2) is 41.8 Å². The zero-order valence-electron chi connectivity index (χ0n) is 12.7. The lowest BCUT2D eigenvalue weighted by atomic mass is 10.2. The molecule has 0 fully saturated rings. The Labute approximate surface area is 130 Å². The van der Waals surface area contributed by atoms with Crippen LogP contribution in [-0.4, -0.2) is 39.2 Å². The standard InChI is InChI=1S/C16H22N2O2S/c1-12(2)20-10-15(19)11-21-16-17-7-8-18(16)14-6-4-5-13(3)9-14/h4-9,12,15,19H,10-11H2,1-3H3. The first-order chi connectivity index (χ1) is 10.1. The van der Waals surface area contributed by atoms with Gasteiger partial charge in [-0.05, 0) is 38.5 Å². The van der Waals surface area contributed by atoms with Crippen LogP contribution >= 0.6 is 11.8 Å². The molecule has 0 saturated heterocycles. The van der Waals surface area contributed by atoms with Crippen molar-refractivity contribution in [2.45, 2.75) is 38.1 Å². The number of ether oxygens (including phenoxy) is 1. The van der Waals surface area contributed by atoms with Gasteiger partial charge in [0.25, 0.3) is 0 Å². The van der Waals surface area contributed by atoms with E-state index < -0.39 is 6.10 Å². The number of aromatic nitrogens is 2. The van der Waals surface area contributed by atoms with E-state index in [2.05, 4.69) is 30.1 Å². The lowest BCUT2D eigenvalue weighted by molar-refractivity contribution is 0.0152. The molecule has 0 amide bonds. The SMILES string of the molecule is Cc1cccc(-n2ccnc2SCC(O)COC(C)C)c1. The number of thioether (sulfide) groups is 1. The highest BCUT2D eigenvalue weighted by Gasteiger charge is 2.11. The van der Waals surface area contributed by atoms with Gasteiger partial charge in [-0.25, -0.2) is 4.98 Å². The average molecular weight is 306 g/mol. The van der Waals surface area contributed by atoms with Gasteiger partial charge in [-0.2, -0.15) is 0 Å². The lowest BCUT2D eigenvalue weighted by Gasteiger charge is -2.13. The smallest absolute Gasteiger partial charge is 0.172 e. The molecule has 1 N–H and O–H groups in total. The molecule has 0 aliphatic rings. The number of hydrogen-bond donors (Lipinski definition) is 1. The van der Waals surface area contributed by atoms with Crippen molar-refractivity contribution in [1.82, 2.24) is 9.55 Å². The summed E-state index contributed by atoms with van der Waals surface area (Å²) >= 11 is 1.54. The van der Waals surface area contributed by atoms with E-state index in [0.717, 1.165) is 10.8 Å². The molecule has 0 aliphatic carbocycles. The third-order valence-corrected chi connectivity index (χ3v) is 4.03. The molecule has 0 aliphatic heterocycles. The molecule has 4 nitrogen and oxygen atoms in total. The number of nitrogens with zero attached hydrogens (tertiary/aromatic N) is 2. The van der Waals surface area contributed by atoms with E-state index in [4.69, 9.17) is 4.74 Å². The Kier molecular flexibility index (Phi) is 5.85. The Balaban J connectivity index is 1.98. The van der Waals surface area contributed by atoms with Crippen LogP contribution in [0.5, 0.6) is 0 Å². The van der Waals surface area contributed by atoms with Crippen LogP contribution in [0.2, 0.25) is 0 Å². The van der Waals surface area contributed by atoms with Gasteiger partial charge in [0.05, 0.1) is 18.8 Å². The highest BCUT2D eigenvalue weighted by molar-refractivity contribution is 7.99. The van der Waals surface area contributed by atoms with Crippen LogP contribution < -0.4 is 0 Å². The average Bonchev–Trinajstić information content (AvgIpc) is 2.91. The minimum absolute atomic E-state index is 0.138. The van der Waals surface area contributed by atoms with Crippen LogP contribution in [0.25, 0.3) is 5.69 Å². The predicted molar refractivity (Wildman–Crippen MR) is 86.1 cm³/mol. The Bertz CT molecular complexity index is 569. The summed E-state index contributed by atoms with van der Waals surface area (Å²) in [7, 11) is 0. The maximum absolute atomic E-state index is 9.92. The monoisotopic (exact) mass is 306 g/mol. The van der Waals surface area contributed by atoms with Gasteiger partial charge in [0.1, 0.15) is 0 Å². The van der Waals surface area contributed by atoms with Crippen LogP contribution in [0, 0.1) is 6.92 Å². The molecule has 1 unspecified atom stereocenters. The second-order valence-electron chi connectivity index (χ2n) is 5.27. The first kappa shape index (κ1) is 16.1. The normalized spacial score (nSPS) is 12.8. The van der Waals surface area contributed by atoms with Crippen LogP contribution in [0.1, 0.15) is 19.4 Å². The largest absolute Gasteiger partial charge is 0.390 e. The number of hydrogen-bond acceptors (Lipinski definition) is 4. The minimum atomic E-state index is -0.486. The van der Waals surface area contributed by atoms with Crippen molar-refractivity contribution < 1.29 is 9.84 Å². The molecular weight excluding hydrogens is 284 g/mol. The van der Waals surface area contributed by atoms with E-state index in [0.29, 0.717) is 12.4 Å². The van der Waals surface area contributed by atoms with Crippen molar-refractivity contribution in [3.63, 3.8) is 0 Å². The summed E-state index contributed by atoms with van der Waals surface area (Å²) in [5.41, 5.74) is 2.30. The molecule has 0 bridgehead atoms. The van der Waals surface area contributed by atoms with E-state index in [1.165, 1.54) is 17.3 Å². The fraction of sp³-hybridized carbons (Fsp3) is 0.438. The molecule has 2 aromatic rings. The highest BCUT2D eigenvalue weighted by Crippen LogP contribution is 2.21. The Hall–Kier alpha value is -1.30. The quantitative estimate of drug-likeness (QED) is 0.799. The number of aliphatic hydroxyl groups is 1. The van der Waals surface area contributed by atoms with Crippen LogP contribution in [0.3, 0.4) is 0 Å². The predicted octanol–water partition coefficient (Wildman–Crippen LogP) is 3.06. The Morgan fingerprint density at radius 1 is 1.38 bits per heavy atom. The van der Waals surface area contributed by atoms with E-state index in [-0.39, 0.29) is 6.10 Å². The van der Waals surface area contributed by atoms with E-state index in [9.17, 15) is 5.11 Å². The van der Waals surface area contributed by atoms with Gasteiger partial charge in [-0.3, -0.25) is 4.57 Å². The molecule has 2 rings (SSSR count). The summed E-state index contributed by atoms with van der Waals surface area (Å²) in [6.07, 6.45) is 3.37. The van der Waals surface area contributed by atoms with E-state index in [1.54, 1.807) is 6.20 Å². The summed E-state index contributed by atoms with van der Waals surface area (Å²) in [5, 5.41) is 10.8. The van der Waals surface area contributed by atoms with Crippen LogP contribution in [-0.2, 0) is 4.74 Å². The minimum Gasteiger partial charge on any atom is -0.390 e. The summed E-state index contributed by atoms with van der Waals surface area (Å²) in [5.74, 6) is 0.565. The van der Waals surface area contributed by atoms with Crippen molar-refractivity contribution in [1.29, 1.82) is 0 Å². The number of aliphatic hydroxyl groups excluding tert-OH is 1. The Morgan fingerprint density at radius 2 is 2.19 bits per heavy atom. The molecule has 0 radical (unpaired) electrons. The van der Waals surface area contributed by atoms with Gasteiger partial charge >= 0.3 is 0 Å². The fourth-order valence-corrected chi connectivity index (χ4v) is 2.77. The molecule has 1 heterocycles. The molecular formula is C16H22N2O2S. The zero-order valence-corrected chi connectivity index (χ0v) is 13.5. The Morgan fingerprint density at radius 3 is 2.90 bits per heavy atom. The van der Waals surface area contributed by atoms with E-state index in [1.807, 2.05) is 30.7 Å². The molecule has 1 aromatic carbocycles. The first-order valence-electron chi connectivity index (χ1n) is 7.09. The van der Waals surface area contributed by atoms with Crippen LogP contribution in [0.4, 0.5) is 0 Å². The van der Waals surface area contributed by atoms with Gasteiger partial charge in [-0.1, -0.05) is 23.9 Å². The molecule has 21 heavy (non-hydrogen) atoms. The number of aryl methyl sites for hydroxylation is 1. The number of benzene rings is 1. The lowest BCUT2D eigenvalue weighted by Crippen LogP contribution is -2.20. The summed E-state index contributed by atoms with van der Waals surface area (Å²) < 4.78 is 7.45. The fourth-order valence-electron chi connectivity index (χ4n) is 1.89. The molecule has 114 valence electrons. The number of imidazole rings is 1. The molecule has 1 atom stereocenters. The summed E-state index contributed by atoms with van der Waals surface area (Å²) in [6, 6.07) is 8.27. The molecule has 0 spiro atoms. The second-order valence-corrected chi connectivity index (χ2v) is 6.25. The van der Waals surface area contributed by atoms with Crippen molar-refractivity contribution in [2.24, 2.45) is 0 Å². The summed E-state index contributed by atoms with van der Waals surface area (Å²) in [6.45, 7) is 6.35. The zero-order chi connectivity index (χ0) is 15.2. The van der Waals surface area contributed by atoms with Gasteiger partial charge in [0.2, 0.25) is 0 Å². The van der Waals surface area contributed by atoms with Gasteiger partial charge < -0.3 is 9.84 Å². The third kappa shape index (κ3) is 4.88. The van der Waals surface area contributed by atoms with E-state index >= 15 is 0 Å². The van der Waals surface area contributed by atoms with Gasteiger partial charge in [0.15, 0.2) is 5.16 Å². The second kappa shape index (κ2) is 7.64. The number of rotatable bonds is 7. The maximum Gasteiger partial charge on any atom is 0.172 e. The van der Waals surface area contributed by atoms with Crippen molar-refractivity contribution in [3.8, 4) is 5.69 Å². The molecule has 5 heteroatoms. The molecule has 1 aromatic heterocycles. The highest BCUT2D eigenvalue weighted by atomic mass is 32.2. The van der Waals surface area contributed by atoms with Crippen molar-refractivity contribution in [2.75, 3.05) is 12.4 Å². The maximum atomic E-state index is 9.92. The van der Waals surface area contributed by atoms with Gasteiger partial charge in [-0.15, -0.1) is 0 Å².